The molecule has 96 valence electrons. The third kappa shape index (κ3) is 3.48. The second-order valence-electron chi connectivity index (χ2n) is 3.16. The molecule has 0 aromatic carbocycles. The first-order valence-corrected chi connectivity index (χ1v) is 6.26. The summed E-state index contributed by atoms with van der Waals surface area (Å²) in [4.78, 5) is 0. The summed E-state index contributed by atoms with van der Waals surface area (Å²) in [5.41, 5.74) is 0. The van der Waals surface area contributed by atoms with Crippen molar-refractivity contribution in [1.29, 1.82) is 0 Å². The van der Waals surface area contributed by atoms with Gasteiger partial charge in [-0.15, -0.1) is 0 Å². The lowest BCUT2D eigenvalue weighted by Gasteiger charge is -2.41. The Hall–Kier alpha value is 1.45. The van der Waals surface area contributed by atoms with Crippen LogP contribution in [0.4, 0.5) is 4.39 Å². The molecule has 1 heterocycles. The second-order valence-corrected chi connectivity index (χ2v) is 4.31. The van der Waals surface area contributed by atoms with Gasteiger partial charge in [-0.25, -0.2) is 4.39 Å². The van der Waals surface area contributed by atoms with Crippen LogP contribution >= 0.6 is 37.9 Å². The molecule has 0 aromatic rings. The van der Waals surface area contributed by atoms with Crippen LogP contribution in [0.5, 0.6) is 0 Å². The number of rotatable bonds is 5. The van der Waals surface area contributed by atoms with E-state index in [1.807, 2.05) is 9.47 Å². The van der Waals surface area contributed by atoms with Crippen LogP contribution in [0, 0.1) is 0 Å². The van der Waals surface area contributed by atoms with Gasteiger partial charge >= 0.3 is 0 Å². The zero-order chi connectivity index (χ0) is 12.1. The quantitative estimate of drug-likeness (QED) is 0.709. The summed E-state index contributed by atoms with van der Waals surface area (Å²) in [6, 6.07) is 0. The van der Waals surface area contributed by atoms with E-state index in [2.05, 4.69) is 28.4 Å². The summed E-state index contributed by atoms with van der Waals surface area (Å²) in [5, 5.41) is 0. The number of hydrogen-bond donors (Lipinski definition) is 0. The molecule has 16 heavy (non-hydrogen) atoms. The van der Waals surface area contributed by atoms with Crippen LogP contribution in [0.2, 0.25) is 0 Å². The lowest BCUT2D eigenvalue weighted by Crippen LogP contribution is -2.57. The third-order valence-corrected chi connectivity index (χ3v) is 3.44. The van der Waals surface area contributed by atoms with Gasteiger partial charge in [0, 0.05) is 37.9 Å². The molecule has 1 aliphatic heterocycles. The molecule has 0 saturated carbocycles. The van der Waals surface area contributed by atoms with Gasteiger partial charge in [0.25, 0.3) is 0 Å². The van der Waals surface area contributed by atoms with E-state index in [1.54, 1.807) is 0 Å². The summed E-state index contributed by atoms with van der Waals surface area (Å²) >= 11 is 0. The smallest absolute Gasteiger partial charge is 0.228 e. The van der Waals surface area contributed by atoms with Crippen LogP contribution in [0.15, 0.2) is 0 Å². The number of ether oxygens (including phenoxy) is 1. The predicted octanol–water partition coefficient (Wildman–Crippen LogP) is 1.01. The van der Waals surface area contributed by atoms with E-state index in [-0.39, 0.29) is 6.61 Å². The summed E-state index contributed by atoms with van der Waals surface area (Å²) < 4.78 is 38.7. The Kier molecular flexibility index (Phi) is 7.55. The molecular weight excluding hydrogens is 295 g/mol. The lowest BCUT2D eigenvalue weighted by molar-refractivity contribution is -0.238. The summed E-state index contributed by atoms with van der Waals surface area (Å²) in [6.45, 7) is 0.179. The van der Waals surface area contributed by atoms with Crippen molar-refractivity contribution in [1.82, 2.24) is 0 Å². The van der Waals surface area contributed by atoms with E-state index in [0.29, 0.717) is 0 Å². The van der Waals surface area contributed by atoms with Crippen LogP contribution in [0.3, 0.4) is 0 Å². The highest BCUT2D eigenvalue weighted by atomic mass is 31.0. The molecule has 0 aromatic heterocycles. The molecule has 1 aliphatic rings. The maximum Gasteiger partial charge on any atom is 0.228 e. The fourth-order valence-electron chi connectivity index (χ4n) is 1.56. The second kappa shape index (κ2) is 7.79. The van der Waals surface area contributed by atoms with Crippen LogP contribution in [0.1, 0.15) is 0 Å². The largest absolute Gasteiger partial charge is 0.363 e. The monoisotopic (exact) mass is 310 g/mol. The van der Waals surface area contributed by atoms with Crippen LogP contribution in [0.25, 0.3) is 0 Å². The molecule has 0 spiro atoms. The maximum atomic E-state index is 13.6. The Morgan fingerprint density at radius 3 is 1.94 bits per heavy atom. The van der Waals surface area contributed by atoms with Crippen molar-refractivity contribution in [3.05, 3.63) is 0 Å². The van der Waals surface area contributed by atoms with Gasteiger partial charge in [-0.3, -0.25) is 0 Å². The molecule has 5 nitrogen and oxygen atoms in total. The van der Waals surface area contributed by atoms with Crippen molar-refractivity contribution in [2.45, 2.75) is 30.8 Å². The first-order chi connectivity index (χ1) is 7.69. The van der Waals surface area contributed by atoms with Gasteiger partial charge in [-0.1, -0.05) is 0 Å². The van der Waals surface area contributed by atoms with Gasteiger partial charge in [0.05, 0.1) is 6.61 Å². The van der Waals surface area contributed by atoms with Crippen molar-refractivity contribution in [3.8, 4) is 0 Å². The highest BCUT2D eigenvalue weighted by Crippen LogP contribution is 2.32. The number of alkyl halides is 1. The van der Waals surface area contributed by atoms with Gasteiger partial charge < -0.3 is 22.8 Å². The fraction of sp³-hybridized carbons (Fsp3) is 1.00. The van der Waals surface area contributed by atoms with E-state index >= 15 is 0 Å². The standard InChI is InChI=1S/C6H15FO5P4/c7-6-5(12-16)4(11-15)3(10-14)2(9-6)1-8-13/h2-6H,1,13-16H2/t2?,3-,4-,5?,6+/m0/s1. The van der Waals surface area contributed by atoms with Crippen LogP contribution in [-0.2, 0) is 22.8 Å². The molecule has 0 radical (unpaired) electrons. The lowest BCUT2D eigenvalue weighted by atomic mass is 10.00. The minimum absolute atomic E-state index is 0.179. The first-order valence-electron chi connectivity index (χ1n) is 4.37. The van der Waals surface area contributed by atoms with Gasteiger partial charge in [0.2, 0.25) is 6.36 Å². The molecule has 0 amide bonds. The topological polar surface area (TPSA) is 46.2 Å². The van der Waals surface area contributed by atoms with Crippen molar-refractivity contribution in [3.63, 3.8) is 0 Å². The first kappa shape index (κ1) is 15.5. The Morgan fingerprint density at radius 2 is 1.50 bits per heavy atom. The van der Waals surface area contributed by atoms with Gasteiger partial charge in [-0.2, -0.15) is 0 Å². The zero-order valence-corrected chi connectivity index (χ0v) is 12.9. The molecule has 0 N–H and O–H groups in total. The molecule has 1 rings (SSSR count). The molecule has 6 unspecified atom stereocenters. The maximum absolute atomic E-state index is 13.6. The summed E-state index contributed by atoms with van der Waals surface area (Å²) in [5.74, 6) is 0. The summed E-state index contributed by atoms with van der Waals surface area (Å²) in [6.07, 6.45) is -4.13. The minimum atomic E-state index is -1.59. The average Bonchev–Trinajstić information content (AvgIpc) is 2.28. The molecule has 1 fully saturated rings. The zero-order valence-electron chi connectivity index (χ0n) is 8.32. The van der Waals surface area contributed by atoms with E-state index in [9.17, 15) is 4.39 Å². The Bertz CT molecular complexity index is 213. The molecule has 1 saturated heterocycles. The van der Waals surface area contributed by atoms with Crippen LogP contribution in [-0.4, -0.2) is 37.4 Å². The van der Waals surface area contributed by atoms with E-state index in [0.717, 1.165) is 0 Å². The molecular formula is C6H15FO5P4. The normalized spacial score (nSPS) is 39.9. The van der Waals surface area contributed by atoms with E-state index in [4.69, 9.17) is 22.8 Å². The fourth-order valence-corrected chi connectivity index (χ4v) is 2.67. The van der Waals surface area contributed by atoms with Crippen molar-refractivity contribution < 1.29 is 27.2 Å². The average molecular weight is 310 g/mol. The Balaban J connectivity index is 2.78. The SMILES string of the molecule is F[C@@H]1OC(COP)[C@H](OP)[C@H](OP)C1OP. The summed E-state index contributed by atoms with van der Waals surface area (Å²) in [7, 11) is 8.25. The molecule has 0 bridgehead atoms. The van der Waals surface area contributed by atoms with E-state index in [1.165, 1.54) is 0 Å². The third-order valence-electron chi connectivity index (χ3n) is 2.31. The molecule has 10 heteroatoms. The Labute approximate surface area is 103 Å². The molecule has 0 aliphatic carbocycles. The van der Waals surface area contributed by atoms with Gasteiger partial charge in [0.15, 0.2) is 0 Å². The number of halogens is 1. The highest BCUT2D eigenvalue weighted by Gasteiger charge is 2.47. The van der Waals surface area contributed by atoms with Crippen molar-refractivity contribution in [2.75, 3.05) is 6.61 Å². The minimum Gasteiger partial charge on any atom is -0.363 e. The predicted molar refractivity (Wildman–Crippen MR) is 69.2 cm³/mol. The van der Waals surface area contributed by atoms with Gasteiger partial charge in [0.1, 0.15) is 24.4 Å². The number of hydrogen-bond acceptors (Lipinski definition) is 5. The van der Waals surface area contributed by atoms with Crippen molar-refractivity contribution in [2.24, 2.45) is 0 Å². The van der Waals surface area contributed by atoms with Crippen LogP contribution < -0.4 is 0 Å². The molecule has 9 atom stereocenters. The highest BCUT2D eigenvalue weighted by molar-refractivity contribution is 7.10. The van der Waals surface area contributed by atoms with Crippen molar-refractivity contribution >= 4 is 37.9 Å². The Morgan fingerprint density at radius 1 is 0.938 bits per heavy atom. The van der Waals surface area contributed by atoms with E-state index < -0.39 is 30.8 Å². The van der Waals surface area contributed by atoms with Gasteiger partial charge in [-0.05, 0) is 0 Å².